The Morgan fingerprint density at radius 3 is 0.506 bits per heavy atom. The summed E-state index contributed by atoms with van der Waals surface area (Å²) in [5.74, 6) is 3.83. The molecule has 0 aliphatic carbocycles. The third-order valence-corrected chi connectivity index (χ3v) is 29.7. The molecule has 14 rings (SSSR count). The number of para-hydroxylation sites is 4. The van der Waals surface area contributed by atoms with Crippen molar-refractivity contribution in [3.8, 4) is 23.0 Å². The minimum Gasteiger partial charge on any atom is -0.456 e. The van der Waals surface area contributed by atoms with Gasteiger partial charge in [-0.25, -0.2) is 0 Å². The molecule has 0 radical (unpaired) electrons. The minimum atomic E-state index is -3.58. The van der Waals surface area contributed by atoms with Crippen molar-refractivity contribution in [3.05, 3.63) is 315 Å². The Kier molecular flexibility index (Phi) is 13.6. The van der Waals surface area contributed by atoms with Crippen LogP contribution in [0.5, 0.6) is 23.0 Å². The number of ether oxygens (including phenoxy) is 2. The summed E-state index contributed by atoms with van der Waals surface area (Å²) < 4.78 is 16.2. The monoisotopic (exact) mass is 1100 g/mol. The lowest BCUT2D eigenvalue weighted by Gasteiger charge is -2.46. The van der Waals surface area contributed by atoms with Gasteiger partial charge in [0.2, 0.25) is 0 Å². The fraction of sp³-hybridized carbons (Fsp3) is 0. The molecule has 12 aromatic rings. The molecule has 2 aliphatic heterocycles. The molecule has 2 heterocycles. The molecule has 0 bridgehead atoms. The highest BCUT2D eigenvalue weighted by molar-refractivity contribution is 7.81. The Labute approximate surface area is 469 Å². The van der Waals surface area contributed by atoms with E-state index < -0.39 is 39.8 Å². The second-order valence-electron chi connectivity index (χ2n) is 19.6. The highest BCUT2D eigenvalue weighted by Gasteiger charge is 2.56. The van der Waals surface area contributed by atoms with E-state index in [2.05, 4.69) is 315 Å². The van der Waals surface area contributed by atoms with Gasteiger partial charge >= 0.3 is 0 Å². The van der Waals surface area contributed by atoms with Gasteiger partial charge in [-0.1, -0.05) is 315 Å². The Balaban J connectivity index is 1.16. The van der Waals surface area contributed by atoms with E-state index in [0.717, 1.165) is 23.0 Å². The number of fused-ring (bicyclic) bond motifs is 8. The van der Waals surface area contributed by atoms with Crippen LogP contribution in [-0.4, -0.2) is 8.07 Å². The van der Waals surface area contributed by atoms with Gasteiger partial charge in [0.1, 0.15) is 23.0 Å². The van der Waals surface area contributed by atoms with Crippen LogP contribution in [0, 0.1) is 0 Å². The standard InChI is InChI=1S/C72H52O2P4Si/c1-9-29-53(30-10-1)75(54-31-11-2-12-32-54)61-45-25-49-65-69(61)73-70-62(76(55-33-13-3-14-34-55)56-35-15-4-16-36-56)46-26-50-66(70)79(65)67-51-27-47-63(77(57-37-17-5-18-38-57)58-39-19-6-20-40-58)71(67)74-72-64(48-28-52-68(72)79)78(59-41-21-7-22-42-59)60-43-23-8-24-44-60/h1-52H. The maximum absolute atomic E-state index is 8.11. The molecule has 1 spiro atoms. The Morgan fingerprint density at radius 2 is 0.342 bits per heavy atom. The summed E-state index contributed by atoms with van der Waals surface area (Å²) in [6.07, 6.45) is 0. The van der Waals surface area contributed by atoms with Gasteiger partial charge in [0.15, 0.2) is 8.07 Å². The first kappa shape index (κ1) is 49.5. The Morgan fingerprint density at radius 1 is 0.177 bits per heavy atom. The van der Waals surface area contributed by atoms with Crippen molar-refractivity contribution in [1.29, 1.82) is 0 Å². The average molecular weight is 1100 g/mol. The van der Waals surface area contributed by atoms with Crippen molar-refractivity contribution >= 4 is 124 Å². The predicted molar refractivity (Wildman–Crippen MR) is 345 cm³/mol. The molecule has 0 saturated carbocycles. The molecule has 0 amide bonds. The van der Waals surface area contributed by atoms with Gasteiger partial charge < -0.3 is 9.47 Å². The summed E-state index contributed by atoms with van der Waals surface area (Å²) in [6.45, 7) is 0. The van der Waals surface area contributed by atoms with E-state index in [1.807, 2.05) is 0 Å². The van der Waals surface area contributed by atoms with Crippen molar-refractivity contribution < 1.29 is 9.47 Å². The van der Waals surface area contributed by atoms with E-state index in [-0.39, 0.29) is 0 Å². The van der Waals surface area contributed by atoms with Gasteiger partial charge in [-0.2, -0.15) is 0 Å². The number of hydrogen-bond acceptors (Lipinski definition) is 2. The fourth-order valence-corrected chi connectivity index (χ4v) is 27.1. The lowest BCUT2D eigenvalue weighted by Crippen LogP contribution is -2.78. The molecule has 79 heavy (non-hydrogen) atoms. The highest BCUT2D eigenvalue weighted by Crippen LogP contribution is 2.47. The first-order valence-corrected chi connectivity index (χ1v) is 34.1. The van der Waals surface area contributed by atoms with Crippen LogP contribution in [0.25, 0.3) is 0 Å². The molecule has 0 N–H and O–H groups in total. The maximum Gasteiger partial charge on any atom is 0.196 e. The summed E-state index contributed by atoms with van der Waals surface area (Å²) >= 11 is 0. The molecule has 0 atom stereocenters. The minimum absolute atomic E-state index is 0.959. The summed E-state index contributed by atoms with van der Waals surface area (Å²) in [7, 11) is -8.02. The number of rotatable bonds is 12. The van der Waals surface area contributed by atoms with Crippen LogP contribution in [0.2, 0.25) is 0 Å². The zero-order valence-corrected chi connectivity index (χ0v) is 47.7. The van der Waals surface area contributed by atoms with Crippen molar-refractivity contribution in [1.82, 2.24) is 0 Å². The quantitative estimate of drug-likeness (QED) is 0.0897. The topological polar surface area (TPSA) is 18.5 Å². The first-order chi connectivity index (χ1) is 39.3. The van der Waals surface area contributed by atoms with Crippen molar-refractivity contribution in [2.45, 2.75) is 0 Å². The smallest absolute Gasteiger partial charge is 0.196 e. The summed E-state index contributed by atoms with van der Waals surface area (Å²) in [4.78, 5) is 0. The molecule has 2 nitrogen and oxygen atoms in total. The van der Waals surface area contributed by atoms with E-state index in [4.69, 9.17) is 9.47 Å². The van der Waals surface area contributed by atoms with Crippen LogP contribution in [0.1, 0.15) is 0 Å². The molecular formula is C72H52O2P4Si. The molecular weight excluding hydrogens is 1050 g/mol. The van der Waals surface area contributed by atoms with Gasteiger partial charge in [-0.05, 0) is 94.9 Å². The van der Waals surface area contributed by atoms with Crippen molar-refractivity contribution in [2.24, 2.45) is 0 Å². The zero-order chi connectivity index (χ0) is 52.5. The molecule has 12 aromatic carbocycles. The van der Waals surface area contributed by atoms with E-state index in [1.165, 1.54) is 84.4 Å². The molecule has 2 aliphatic rings. The molecule has 0 aromatic heterocycles. The van der Waals surface area contributed by atoms with Crippen molar-refractivity contribution in [3.63, 3.8) is 0 Å². The van der Waals surface area contributed by atoms with E-state index >= 15 is 0 Å². The van der Waals surface area contributed by atoms with E-state index in [9.17, 15) is 0 Å². The summed E-state index contributed by atoms with van der Waals surface area (Å²) in [5, 5.41) is 20.0. The summed E-state index contributed by atoms with van der Waals surface area (Å²) in [5.41, 5.74) is 0. The predicted octanol–water partition coefficient (Wildman–Crippen LogP) is 10.3. The molecule has 0 saturated heterocycles. The van der Waals surface area contributed by atoms with E-state index in [1.54, 1.807) is 0 Å². The second kappa shape index (κ2) is 21.8. The Hall–Kier alpha value is -7.82. The summed E-state index contributed by atoms with van der Waals surface area (Å²) in [6, 6.07) is 117. The van der Waals surface area contributed by atoms with Gasteiger partial charge in [0.25, 0.3) is 0 Å². The third kappa shape index (κ3) is 8.83. The lowest BCUT2D eigenvalue weighted by molar-refractivity contribution is 0.489. The van der Waals surface area contributed by atoms with Gasteiger partial charge in [-0.3, -0.25) is 0 Å². The number of hydrogen-bond donors (Lipinski definition) is 0. The molecule has 0 unspecified atom stereocenters. The highest BCUT2D eigenvalue weighted by atomic mass is 31.1. The van der Waals surface area contributed by atoms with Crippen LogP contribution in [-0.2, 0) is 0 Å². The van der Waals surface area contributed by atoms with Gasteiger partial charge in [0.05, 0.1) is 0 Å². The largest absolute Gasteiger partial charge is 0.456 e. The van der Waals surface area contributed by atoms with Crippen LogP contribution in [0.15, 0.2) is 315 Å². The molecule has 0 fully saturated rings. The normalized spacial score (nSPS) is 12.8. The zero-order valence-electron chi connectivity index (χ0n) is 43.1. The first-order valence-electron chi connectivity index (χ1n) is 26.8. The van der Waals surface area contributed by atoms with Crippen LogP contribution < -0.4 is 93.9 Å². The maximum atomic E-state index is 8.11. The SMILES string of the molecule is c1ccc(P(c2ccccc2)c2cccc3c2Oc2c(P(c4ccccc4)c4ccccc4)cccc2[Si]32c3cccc(P(c4ccccc4)c4ccccc4)c3Oc3c(P(c4ccccc4)c4ccccc4)cccc32)cc1. The van der Waals surface area contributed by atoms with Crippen LogP contribution in [0.3, 0.4) is 0 Å². The van der Waals surface area contributed by atoms with Gasteiger partial charge in [-0.15, -0.1) is 0 Å². The number of benzene rings is 12. The van der Waals surface area contributed by atoms with Crippen molar-refractivity contribution in [2.75, 3.05) is 0 Å². The Bertz CT molecular complexity index is 3390. The van der Waals surface area contributed by atoms with E-state index in [0.29, 0.717) is 0 Å². The average Bonchev–Trinajstić information content (AvgIpc) is 3.58. The molecule has 7 heteroatoms. The van der Waals surface area contributed by atoms with Crippen LogP contribution >= 0.6 is 31.7 Å². The van der Waals surface area contributed by atoms with Crippen LogP contribution in [0.4, 0.5) is 0 Å². The second-order valence-corrected chi connectivity index (χ2v) is 32.0. The molecule has 376 valence electrons. The third-order valence-electron chi connectivity index (χ3n) is 15.1. The fourth-order valence-electron chi connectivity index (χ4n) is 11.8. The lowest BCUT2D eigenvalue weighted by atomic mass is 10.3. The van der Waals surface area contributed by atoms with Gasteiger partial charge in [0, 0.05) is 21.2 Å².